The van der Waals surface area contributed by atoms with Crippen LogP contribution in [0.4, 0.5) is 8.39 Å². The highest BCUT2D eigenvalue weighted by Crippen LogP contribution is 2.31. The molecule has 0 saturated heterocycles. The summed E-state index contributed by atoms with van der Waals surface area (Å²) in [5.74, 6) is 0. The summed E-state index contributed by atoms with van der Waals surface area (Å²) in [5, 5.41) is 0. The maximum Gasteiger partial charge on any atom is 0.412 e. The first-order valence-electron chi connectivity index (χ1n) is 2.43. The Morgan fingerprint density at radius 2 is 1.67 bits per heavy atom. The molecule has 1 nitrogen and oxygen atoms in total. The molecule has 0 aromatic rings. The summed E-state index contributed by atoms with van der Waals surface area (Å²) in [6.07, 6.45) is 0. The van der Waals surface area contributed by atoms with Crippen molar-refractivity contribution in [3.63, 3.8) is 0 Å². The normalized spacial score (nSPS) is 8.78. The number of hydrogen-bond donors (Lipinski definition) is 1. The molecule has 56 valence electrons. The van der Waals surface area contributed by atoms with Gasteiger partial charge in [0.15, 0.2) is 0 Å². The van der Waals surface area contributed by atoms with E-state index in [-0.39, 0.29) is 8.80 Å². The van der Waals surface area contributed by atoms with Gasteiger partial charge >= 0.3 is 8.77 Å². The third-order valence-corrected chi connectivity index (χ3v) is 1.41. The van der Waals surface area contributed by atoms with E-state index in [9.17, 15) is 8.39 Å². The molecule has 0 radical (unpaired) electrons. The Bertz CT molecular complexity index is 66.8. The molecule has 0 aromatic heterocycles. The van der Waals surface area contributed by atoms with Crippen LogP contribution in [-0.4, -0.2) is 13.7 Å². The van der Waals surface area contributed by atoms with Crippen molar-refractivity contribution in [2.75, 3.05) is 0 Å². The molecule has 9 heavy (non-hydrogen) atoms. The average Bonchev–Trinajstić information content (AvgIpc) is 1.65. The van der Waals surface area contributed by atoms with E-state index in [0.29, 0.717) is 0 Å². The van der Waals surface area contributed by atoms with Crippen molar-refractivity contribution in [1.29, 1.82) is 0 Å². The van der Waals surface area contributed by atoms with Crippen LogP contribution < -0.4 is 0 Å². The van der Waals surface area contributed by atoms with E-state index in [4.69, 9.17) is 4.89 Å². The minimum absolute atomic E-state index is 0.386. The Morgan fingerprint density at radius 1 is 1.56 bits per heavy atom. The molecule has 0 bridgehead atoms. The highest BCUT2D eigenvalue weighted by atomic mass is 31.2. The van der Waals surface area contributed by atoms with E-state index in [0.717, 1.165) is 0 Å². The molecular weight excluding hydrogens is 161 g/mol. The topological polar surface area (TPSA) is 20.2 Å². The van der Waals surface area contributed by atoms with Crippen LogP contribution in [0.25, 0.3) is 0 Å². The fraction of sp³-hybridized carbons (Fsp3) is 0.500. The van der Waals surface area contributed by atoms with Gasteiger partial charge in [-0.1, -0.05) is 13.1 Å². The van der Waals surface area contributed by atoms with Crippen molar-refractivity contribution < 1.29 is 13.3 Å². The zero-order chi connectivity index (χ0) is 7.86. The predicted molar refractivity (Wildman–Crippen MR) is 40.4 cm³/mol. The third kappa shape index (κ3) is 64.9. The average molecular weight is 172 g/mol. The van der Waals surface area contributed by atoms with Crippen molar-refractivity contribution in [3.05, 3.63) is 12.3 Å². The Balaban J connectivity index is 0. The first-order valence-corrected chi connectivity index (χ1v) is 6.49. The van der Waals surface area contributed by atoms with Crippen LogP contribution >= 0.6 is 8.77 Å². The molecule has 0 spiro atoms. The summed E-state index contributed by atoms with van der Waals surface area (Å²) in [6, 6.07) is 0. The van der Waals surface area contributed by atoms with Crippen LogP contribution in [0, 0.1) is 0 Å². The van der Waals surface area contributed by atoms with E-state index in [2.05, 4.69) is 25.4 Å². The summed E-state index contributed by atoms with van der Waals surface area (Å²) in [7, 11) is -4.01. The first kappa shape index (κ1) is 11.9. The van der Waals surface area contributed by atoms with Gasteiger partial charge in [-0.2, -0.15) is 8.39 Å². The molecule has 0 aliphatic heterocycles. The number of rotatable bonds is 1. The molecule has 0 saturated carbocycles. The van der Waals surface area contributed by atoms with Crippen molar-refractivity contribution in [1.82, 2.24) is 0 Å². The molecule has 0 aliphatic carbocycles. The van der Waals surface area contributed by atoms with Gasteiger partial charge in [0.05, 0.1) is 8.80 Å². The molecule has 0 atom stereocenters. The maximum atomic E-state index is 9.95. The van der Waals surface area contributed by atoms with Crippen LogP contribution in [0.5, 0.6) is 0 Å². The Hall–Kier alpha value is 0.207. The summed E-state index contributed by atoms with van der Waals surface area (Å²) in [6.45, 7) is 8.11. The minimum Gasteiger partial charge on any atom is -0.321 e. The van der Waals surface area contributed by atoms with Gasteiger partial charge < -0.3 is 4.89 Å². The zero-order valence-electron chi connectivity index (χ0n) is 5.51. The van der Waals surface area contributed by atoms with Gasteiger partial charge in [0.2, 0.25) is 0 Å². The second-order valence-electron chi connectivity index (χ2n) is 1.69. The van der Waals surface area contributed by atoms with Crippen molar-refractivity contribution in [3.8, 4) is 0 Å². The van der Waals surface area contributed by atoms with Crippen molar-refractivity contribution in [2.45, 2.75) is 13.1 Å². The van der Waals surface area contributed by atoms with Crippen molar-refractivity contribution >= 4 is 17.6 Å². The summed E-state index contributed by atoms with van der Waals surface area (Å²) >= 11 is 0. The SMILES string of the molecule is C=C[SiH](C)C.OP(F)F. The third-order valence-electron chi connectivity index (χ3n) is 0.471. The lowest BCUT2D eigenvalue weighted by molar-refractivity contribution is 0.504. The lowest BCUT2D eigenvalue weighted by atomic mass is 11.3. The van der Waals surface area contributed by atoms with Crippen molar-refractivity contribution in [2.24, 2.45) is 0 Å². The summed E-state index contributed by atoms with van der Waals surface area (Å²) in [5.41, 5.74) is 2.06. The molecule has 0 rings (SSSR count). The van der Waals surface area contributed by atoms with Crippen LogP contribution in [0.3, 0.4) is 0 Å². The van der Waals surface area contributed by atoms with Gasteiger partial charge in [0, 0.05) is 0 Å². The van der Waals surface area contributed by atoms with Crippen LogP contribution in [0.15, 0.2) is 12.3 Å². The monoisotopic (exact) mass is 172 g/mol. The lowest BCUT2D eigenvalue weighted by Gasteiger charge is -1.81. The number of hydrogen-bond acceptors (Lipinski definition) is 1. The zero-order valence-corrected chi connectivity index (χ0v) is 7.56. The van der Waals surface area contributed by atoms with Gasteiger partial charge in [-0.25, -0.2) is 0 Å². The molecule has 0 fully saturated rings. The highest BCUT2D eigenvalue weighted by Gasteiger charge is 1.86. The van der Waals surface area contributed by atoms with Gasteiger partial charge in [-0.05, 0) is 0 Å². The molecule has 5 heteroatoms. The largest absolute Gasteiger partial charge is 0.412 e. The molecule has 0 unspecified atom stereocenters. The van der Waals surface area contributed by atoms with E-state index in [1.165, 1.54) is 0 Å². The maximum absolute atomic E-state index is 9.95. The van der Waals surface area contributed by atoms with Gasteiger partial charge in [0.1, 0.15) is 0 Å². The molecule has 0 amide bonds. The standard InChI is InChI=1S/C4H10Si.F2HOP/c1-4-5(2)3;1-4(2)3/h4-5H,1H2,2-3H3;3H. The van der Waals surface area contributed by atoms with E-state index in [1.54, 1.807) is 0 Å². The highest BCUT2D eigenvalue weighted by molar-refractivity contribution is 7.39. The fourth-order valence-electron chi connectivity index (χ4n) is 0. The number of halogens is 2. The first-order chi connectivity index (χ1) is 4.00. The van der Waals surface area contributed by atoms with E-state index < -0.39 is 8.77 Å². The van der Waals surface area contributed by atoms with Crippen LogP contribution in [0.1, 0.15) is 0 Å². The summed E-state index contributed by atoms with van der Waals surface area (Å²) in [4.78, 5) is 6.79. The Labute approximate surface area is 57.1 Å². The molecule has 0 heterocycles. The summed E-state index contributed by atoms with van der Waals surface area (Å²) < 4.78 is 19.9. The van der Waals surface area contributed by atoms with Gasteiger partial charge in [-0.3, -0.25) is 0 Å². The molecule has 1 N–H and O–H groups in total. The fourth-order valence-corrected chi connectivity index (χ4v) is 0. The second kappa shape index (κ2) is 8.21. The quantitative estimate of drug-likeness (QED) is 0.475. The molecule has 0 aromatic carbocycles. The van der Waals surface area contributed by atoms with Crippen LogP contribution in [0.2, 0.25) is 13.1 Å². The smallest absolute Gasteiger partial charge is 0.321 e. The second-order valence-corrected chi connectivity index (χ2v) is 5.08. The van der Waals surface area contributed by atoms with Gasteiger partial charge in [0.25, 0.3) is 0 Å². The minimum atomic E-state index is -3.62. The van der Waals surface area contributed by atoms with Crippen LogP contribution in [-0.2, 0) is 0 Å². The predicted octanol–water partition coefficient (Wildman–Crippen LogP) is 2.34. The molecular formula is C4H11F2OPSi. The Kier molecular flexibility index (Phi) is 10.9. The lowest BCUT2D eigenvalue weighted by Crippen LogP contribution is -1.89. The van der Waals surface area contributed by atoms with Gasteiger partial charge in [-0.15, -0.1) is 12.3 Å². The molecule has 0 aliphatic rings. The van der Waals surface area contributed by atoms with E-state index >= 15 is 0 Å². The van der Waals surface area contributed by atoms with E-state index in [1.807, 2.05) is 0 Å². The Morgan fingerprint density at radius 3 is 1.67 bits per heavy atom.